The Hall–Kier alpha value is -1.19. The van der Waals surface area contributed by atoms with Crippen molar-refractivity contribution in [3.8, 4) is 0 Å². The fourth-order valence-corrected chi connectivity index (χ4v) is 2.71. The number of carboxylic acid groups (broad SMARTS) is 1. The molecule has 18 heavy (non-hydrogen) atoms. The molecule has 0 bridgehead atoms. The largest absolute Gasteiger partial charge is 0.480 e. The van der Waals surface area contributed by atoms with Gasteiger partial charge in [-0.2, -0.15) is 0 Å². The summed E-state index contributed by atoms with van der Waals surface area (Å²) in [4.78, 5) is 21.3. The van der Waals surface area contributed by atoms with Gasteiger partial charge in [-0.05, 0) is 12.8 Å². The van der Waals surface area contributed by atoms with Crippen molar-refractivity contribution in [3.05, 3.63) is 0 Å². The number of nitrogens with one attached hydrogen (secondary N) is 2. The number of ether oxygens (including phenoxy) is 1. The Morgan fingerprint density at radius 1 is 1.33 bits per heavy atom. The number of aliphatic carboxylic acids is 1. The maximum atomic E-state index is 11.5. The highest BCUT2D eigenvalue weighted by Crippen LogP contribution is 2.13. The average molecular weight is 280 g/mol. The smallest absolute Gasteiger partial charge is 0.322 e. The fraction of sp³-hybridized carbons (Fsp3) is 0.778. The lowest BCUT2D eigenvalue weighted by molar-refractivity contribution is -0.137. The monoisotopic (exact) mass is 280 g/mol. The van der Waals surface area contributed by atoms with Crippen LogP contribution in [-0.2, 0) is 24.3 Å². The van der Waals surface area contributed by atoms with Crippen LogP contribution >= 0.6 is 0 Å². The second kappa shape index (κ2) is 6.66. The zero-order valence-electron chi connectivity index (χ0n) is 9.72. The van der Waals surface area contributed by atoms with Crippen LogP contribution in [0.3, 0.4) is 0 Å². The van der Waals surface area contributed by atoms with Crippen LogP contribution in [0.1, 0.15) is 12.8 Å². The van der Waals surface area contributed by atoms with E-state index in [4.69, 9.17) is 9.84 Å². The Kier molecular flexibility index (Phi) is 5.51. The van der Waals surface area contributed by atoms with Gasteiger partial charge in [0, 0.05) is 6.61 Å². The first-order valence-electron chi connectivity index (χ1n) is 5.46. The Balaban J connectivity index is 2.27. The van der Waals surface area contributed by atoms with Gasteiger partial charge in [0.2, 0.25) is 15.9 Å². The minimum absolute atomic E-state index is 0.181. The number of amides is 1. The molecule has 1 fully saturated rings. The molecule has 1 unspecified atom stereocenters. The zero-order valence-corrected chi connectivity index (χ0v) is 10.5. The van der Waals surface area contributed by atoms with Gasteiger partial charge < -0.3 is 15.2 Å². The standard InChI is InChI=1S/C9H16N2O6S/c12-8(10-5-9(13)14)4-11-18(15,16)6-7-2-1-3-17-7/h7,11H,1-6H2,(H,10,12)(H,13,14). The van der Waals surface area contributed by atoms with E-state index in [9.17, 15) is 18.0 Å². The highest BCUT2D eigenvalue weighted by atomic mass is 32.2. The van der Waals surface area contributed by atoms with Gasteiger partial charge in [-0.25, -0.2) is 13.1 Å². The summed E-state index contributed by atoms with van der Waals surface area (Å²) in [5.41, 5.74) is 0. The molecule has 0 aromatic carbocycles. The van der Waals surface area contributed by atoms with Crippen molar-refractivity contribution >= 4 is 21.9 Å². The summed E-state index contributed by atoms with van der Waals surface area (Å²) in [6.45, 7) is -0.450. The van der Waals surface area contributed by atoms with Crippen molar-refractivity contribution < 1.29 is 27.9 Å². The molecule has 1 heterocycles. The van der Waals surface area contributed by atoms with Crippen molar-refractivity contribution in [1.82, 2.24) is 10.0 Å². The highest BCUT2D eigenvalue weighted by molar-refractivity contribution is 7.89. The van der Waals surface area contributed by atoms with E-state index in [0.717, 1.165) is 6.42 Å². The van der Waals surface area contributed by atoms with Gasteiger partial charge in [0.15, 0.2) is 0 Å². The summed E-state index contributed by atoms with van der Waals surface area (Å²) >= 11 is 0. The van der Waals surface area contributed by atoms with Crippen LogP contribution in [0.5, 0.6) is 0 Å². The van der Waals surface area contributed by atoms with Crippen LogP contribution in [0.25, 0.3) is 0 Å². The summed E-state index contributed by atoms with van der Waals surface area (Å²) in [7, 11) is -3.58. The fourth-order valence-electron chi connectivity index (χ4n) is 1.49. The van der Waals surface area contributed by atoms with Crippen LogP contribution in [0.15, 0.2) is 0 Å². The molecule has 0 aliphatic carbocycles. The molecule has 104 valence electrons. The Labute approximate surface area is 105 Å². The van der Waals surface area contributed by atoms with E-state index >= 15 is 0 Å². The quantitative estimate of drug-likeness (QED) is 0.510. The number of carboxylic acids is 1. The first-order valence-corrected chi connectivity index (χ1v) is 7.12. The molecule has 0 radical (unpaired) electrons. The van der Waals surface area contributed by atoms with Crippen molar-refractivity contribution in [3.63, 3.8) is 0 Å². The Morgan fingerprint density at radius 2 is 2.06 bits per heavy atom. The highest BCUT2D eigenvalue weighted by Gasteiger charge is 2.23. The Morgan fingerprint density at radius 3 is 2.61 bits per heavy atom. The molecular weight excluding hydrogens is 264 g/mol. The maximum absolute atomic E-state index is 11.5. The maximum Gasteiger partial charge on any atom is 0.322 e. The summed E-state index contributed by atoms with van der Waals surface area (Å²) in [6, 6.07) is 0. The topological polar surface area (TPSA) is 122 Å². The van der Waals surface area contributed by atoms with E-state index in [1.807, 2.05) is 0 Å². The molecule has 1 amide bonds. The molecule has 0 aromatic heterocycles. The third kappa shape index (κ3) is 5.94. The first kappa shape index (κ1) is 14.9. The molecule has 1 saturated heterocycles. The minimum Gasteiger partial charge on any atom is -0.480 e. The van der Waals surface area contributed by atoms with E-state index < -0.39 is 35.0 Å². The van der Waals surface area contributed by atoms with Gasteiger partial charge in [-0.1, -0.05) is 0 Å². The number of sulfonamides is 1. The predicted molar refractivity (Wildman–Crippen MR) is 61.4 cm³/mol. The molecule has 8 nitrogen and oxygen atoms in total. The van der Waals surface area contributed by atoms with Crippen molar-refractivity contribution in [2.45, 2.75) is 18.9 Å². The van der Waals surface area contributed by atoms with Crippen LogP contribution in [-0.4, -0.2) is 57.0 Å². The summed E-state index contributed by atoms with van der Waals surface area (Å²) in [6.07, 6.45) is 1.19. The molecule has 1 aliphatic rings. The number of hydrogen-bond acceptors (Lipinski definition) is 5. The molecule has 0 aromatic rings. The third-order valence-electron chi connectivity index (χ3n) is 2.32. The van der Waals surface area contributed by atoms with Crippen LogP contribution in [0.2, 0.25) is 0 Å². The molecule has 1 atom stereocenters. The van der Waals surface area contributed by atoms with Crippen molar-refractivity contribution in [1.29, 1.82) is 0 Å². The minimum atomic E-state index is -3.58. The lowest BCUT2D eigenvalue weighted by Gasteiger charge is -2.10. The van der Waals surface area contributed by atoms with Crippen molar-refractivity contribution in [2.75, 3.05) is 25.4 Å². The van der Waals surface area contributed by atoms with E-state index in [2.05, 4.69) is 10.0 Å². The number of rotatable bonds is 7. The Bertz CT molecular complexity index is 401. The van der Waals surface area contributed by atoms with Crippen molar-refractivity contribution in [2.24, 2.45) is 0 Å². The average Bonchev–Trinajstić information content (AvgIpc) is 2.75. The molecule has 1 aliphatic heterocycles. The zero-order chi connectivity index (χ0) is 13.6. The second-order valence-corrected chi connectivity index (χ2v) is 5.76. The van der Waals surface area contributed by atoms with E-state index in [1.54, 1.807) is 0 Å². The third-order valence-corrected chi connectivity index (χ3v) is 3.71. The van der Waals surface area contributed by atoms with Gasteiger partial charge in [-0.3, -0.25) is 9.59 Å². The summed E-state index contributed by atoms with van der Waals surface area (Å²) < 4.78 is 30.4. The normalized spacial score (nSPS) is 19.7. The first-order chi connectivity index (χ1) is 8.39. The number of hydrogen-bond donors (Lipinski definition) is 3. The van der Waals surface area contributed by atoms with E-state index in [0.29, 0.717) is 13.0 Å². The molecule has 9 heteroatoms. The van der Waals surface area contributed by atoms with Crippen LogP contribution in [0.4, 0.5) is 0 Å². The summed E-state index contributed by atoms with van der Waals surface area (Å²) in [5, 5.41) is 10.4. The summed E-state index contributed by atoms with van der Waals surface area (Å²) in [5.74, 6) is -2.06. The lowest BCUT2D eigenvalue weighted by atomic mass is 10.3. The molecule has 1 rings (SSSR count). The van der Waals surface area contributed by atoms with Crippen LogP contribution in [0, 0.1) is 0 Å². The van der Waals surface area contributed by atoms with Gasteiger partial charge in [-0.15, -0.1) is 0 Å². The van der Waals surface area contributed by atoms with Gasteiger partial charge in [0.25, 0.3) is 0 Å². The predicted octanol–water partition coefficient (Wildman–Crippen LogP) is -1.71. The van der Waals surface area contributed by atoms with E-state index in [1.165, 1.54) is 0 Å². The van der Waals surface area contributed by atoms with Gasteiger partial charge >= 0.3 is 5.97 Å². The number of carbonyl (C=O) groups is 2. The van der Waals surface area contributed by atoms with Gasteiger partial charge in [0.05, 0.1) is 18.4 Å². The van der Waals surface area contributed by atoms with E-state index in [-0.39, 0.29) is 11.9 Å². The van der Waals surface area contributed by atoms with Crippen LogP contribution < -0.4 is 10.0 Å². The molecule has 0 saturated carbocycles. The SMILES string of the molecule is O=C(O)CNC(=O)CNS(=O)(=O)CC1CCCO1. The lowest BCUT2D eigenvalue weighted by Crippen LogP contribution is -2.41. The van der Waals surface area contributed by atoms with Gasteiger partial charge in [0.1, 0.15) is 6.54 Å². The second-order valence-electron chi connectivity index (χ2n) is 3.91. The molecule has 3 N–H and O–H groups in total. The molecule has 0 spiro atoms. The molecular formula is C9H16N2O6S. The number of carbonyl (C=O) groups excluding carboxylic acids is 1.